The molecule has 1 N–H and O–H groups in total. The zero-order valence-corrected chi connectivity index (χ0v) is 11.2. The zero-order valence-electron chi connectivity index (χ0n) is 11.2. The van der Waals surface area contributed by atoms with E-state index in [0.717, 1.165) is 5.82 Å². The fourth-order valence-corrected chi connectivity index (χ4v) is 1.51. The summed E-state index contributed by atoms with van der Waals surface area (Å²) < 4.78 is 1.92. The number of rotatable bonds is 4. The second-order valence-electron chi connectivity index (χ2n) is 4.31. The van der Waals surface area contributed by atoms with E-state index in [9.17, 15) is 4.79 Å². The summed E-state index contributed by atoms with van der Waals surface area (Å²) in [7, 11) is 5.28. The number of anilines is 1. The topological polar surface area (TPSA) is 75.9 Å². The largest absolute Gasteiger partial charge is 0.361 e. The molecule has 2 aromatic rings. The molecule has 0 aliphatic carbocycles. The van der Waals surface area contributed by atoms with Crippen molar-refractivity contribution in [2.75, 3.05) is 19.4 Å². The third-order valence-electron chi connectivity index (χ3n) is 2.64. The van der Waals surface area contributed by atoms with Gasteiger partial charge in [-0.15, -0.1) is 10.2 Å². The summed E-state index contributed by atoms with van der Waals surface area (Å²) in [5, 5.41) is 11.0. The van der Waals surface area contributed by atoms with Crippen LogP contribution in [0.4, 0.5) is 5.82 Å². The Morgan fingerprint density at radius 3 is 2.68 bits per heavy atom. The molecule has 0 radical (unpaired) electrons. The first-order chi connectivity index (χ1) is 9.08. The van der Waals surface area contributed by atoms with E-state index in [2.05, 4.69) is 20.5 Å². The molecule has 0 bridgehead atoms. The standard InChI is InChI=1S/C12H16N6O/c1-17(2)12(19)9-4-5-10(16-15-9)14-8-11-13-6-7-18(11)3/h4-7H,8H2,1-3H3,(H,14,16). The summed E-state index contributed by atoms with van der Waals surface area (Å²) >= 11 is 0. The Bertz CT molecular complexity index is 560. The van der Waals surface area contributed by atoms with Crippen LogP contribution >= 0.6 is 0 Å². The first kappa shape index (κ1) is 13.0. The van der Waals surface area contributed by atoms with E-state index < -0.39 is 0 Å². The van der Waals surface area contributed by atoms with Gasteiger partial charge in [0.25, 0.3) is 5.91 Å². The van der Waals surface area contributed by atoms with E-state index in [1.165, 1.54) is 4.90 Å². The van der Waals surface area contributed by atoms with Crippen molar-refractivity contribution in [1.82, 2.24) is 24.6 Å². The van der Waals surface area contributed by atoms with Gasteiger partial charge in [-0.25, -0.2) is 4.98 Å². The van der Waals surface area contributed by atoms with Crippen molar-refractivity contribution >= 4 is 11.7 Å². The van der Waals surface area contributed by atoms with E-state index in [1.807, 2.05) is 17.8 Å². The number of aryl methyl sites for hydroxylation is 1. The van der Waals surface area contributed by atoms with Gasteiger partial charge in [0, 0.05) is 33.5 Å². The quantitative estimate of drug-likeness (QED) is 0.867. The summed E-state index contributed by atoms with van der Waals surface area (Å²) in [5.74, 6) is 1.34. The SMILES string of the molecule is CN(C)C(=O)c1ccc(NCc2nccn2C)nn1. The predicted molar refractivity (Wildman–Crippen MR) is 70.6 cm³/mol. The van der Waals surface area contributed by atoms with Gasteiger partial charge < -0.3 is 14.8 Å². The summed E-state index contributed by atoms with van der Waals surface area (Å²) in [6.07, 6.45) is 3.61. The van der Waals surface area contributed by atoms with Crippen LogP contribution < -0.4 is 5.32 Å². The highest BCUT2D eigenvalue weighted by Gasteiger charge is 2.10. The third kappa shape index (κ3) is 3.06. The highest BCUT2D eigenvalue weighted by Crippen LogP contribution is 2.05. The molecule has 0 unspecified atom stereocenters. The fourth-order valence-electron chi connectivity index (χ4n) is 1.51. The van der Waals surface area contributed by atoms with Crippen molar-refractivity contribution in [3.05, 3.63) is 36.0 Å². The van der Waals surface area contributed by atoms with E-state index >= 15 is 0 Å². The molecule has 19 heavy (non-hydrogen) atoms. The summed E-state index contributed by atoms with van der Waals surface area (Å²) in [6.45, 7) is 0.555. The van der Waals surface area contributed by atoms with Crippen molar-refractivity contribution in [1.29, 1.82) is 0 Å². The molecule has 2 heterocycles. The minimum Gasteiger partial charge on any atom is -0.361 e. The normalized spacial score (nSPS) is 10.3. The van der Waals surface area contributed by atoms with E-state index in [4.69, 9.17) is 0 Å². The lowest BCUT2D eigenvalue weighted by Gasteiger charge is -2.09. The number of hydrogen-bond donors (Lipinski definition) is 1. The molecule has 1 amide bonds. The molecule has 7 heteroatoms. The second kappa shape index (κ2) is 5.47. The molecule has 0 fully saturated rings. The lowest BCUT2D eigenvalue weighted by atomic mass is 10.3. The molecule has 0 aromatic carbocycles. The van der Waals surface area contributed by atoms with Crippen molar-refractivity contribution < 1.29 is 4.79 Å². The molecular formula is C12H16N6O. The number of imidazole rings is 1. The molecule has 0 spiro atoms. The van der Waals surface area contributed by atoms with Crippen LogP contribution in [0.5, 0.6) is 0 Å². The van der Waals surface area contributed by atoms with Crippen LogP contribution in [0, 0.1) is 0 Å². The Morgan fingerprint density at radius 1 is 1.37 bits per heavy atom. The maximum Gasteiger partial charge on any atom is 0.273 e. The maximum atomic E-state index is 11.6. The summed E-state index contributed by atoms with van der Waals surface area (Å²) in [6, 6.07) is 3.38. The molecule has 0 aliphatic heterocycles. The minimum atomic E-state index is -0.164. The Morgan fingerprint density at radius 2 is 2.16 bits per heavy atom. The van der Waals surface area contributed by atoms with E-state index in [0.29, 0.717) is 18.1 Å². The van der Waals surface area contributed by atoms with Gasteiger partial charge in [0.1, 0.15) is 11.6 Å². The van der Waals surface area contributed by atoms with Gasteiger partial charge in [-0.2, -0.15) is 0 Å². The number of amides is 1. The Labute approximate surface area is 111 Å². The van der Waals surface area contributed by atoms with E-state index in [1.54, 1.807) is 32.4 Å². The molecule has 0 saturated carbocycles. The summed E-state index contributed by atoms with van der Waals surface area (Å²) in [4.78, 5) is 17.3. The molecule has 0 atom stereocenters. The van der Waals surface area contributed by atoms with Crippen LogP contribution in [-0.2, 0) is 13.6 Å². The van der Waals surface area contributed by atoms with Gasteiger partial charge in [-0.1, -0.05) is 0 Å². The van der Waals surface area contributed by atoms with Crippen LogP contribution in [0.3, 0.4) is 0 Å². The van der Waals surface area contributed by atoms with Crippen molar-refractivity contribution in [3.8, 4) is 0 Å². The maximum absolute atomic E-state index is 11.6. The van der Waals surface area contributed by atoms with Crippen LogP contribution in [0.1, 0.15) is 16.3 Å². The number of hydrogen-bond acceptors (Lipinski definition) is 5. The van der Waals surface area contributed by atoms with E-state index in [-0.39, 0.29) is 5.91 Å². The number of nitrogens with zero attached hydrogens (tertiary/aromatic N) is 5. The first-order valence-electron chi connectivity index (χ1n) is 5.83. The highest BCUT2D eigenvalue weighted by molar-refractivity contribution is 5.91. The van der Waals surface area contributed by atoms with Crippen molar-refractivity contribution in [3.63, 3.8) is 0 Å². The summed E-state index contributed by atoms with van der Waals surface area (Å²) in [5.41, 5.74) is 0.326. The third-order valence-corrected chi connectivity index (χ3v) is 2.64. The zero-order chi connectivity index (χ0) is 13.8. The molecule has 2 rings (SSSR count). The van der Waals surface area contributed by atoms with Crippen LogP contribution in [0.25, 0.3) is 0 Å². The number of carbonyl (C=O) groups excluding carboxylic acids is 1. The average molecular weight is 260 g/mol. The molecular weight excluding hydrogens is 244 g/mol. The minimum absolute atomic E-state index is 0.164. The van der Waals surface area contributed by atoms with Crippen LogP contribution in [0.15, 0.2) is 24.5 Å². The molecule has 0 saturated heterocycles. The Kier molecular flexibility index (Phi) is 3.74. The van der Waals surface area contributed by atoms with Gasteiger partial charge in [0.15, 0.2) is 5.69 Å². The molecule has 0 aliphatic rings. The van der Waals surface area contributed by atoms with Crippen molar-refractivity contribution in [2.45, 2.75) is 6.54 Å². The average Bonchev–Trinajstić information content (AvgIpc) is 2.81. The number of aromatic nitrogens is 4. The monoisotopic (exact) mass is 260 g/mol. The number of nitrogens with one attached hydrogen (secondary N) is 1. The number of carbonyl (C=O) groups is 1. The molecule has 7 nitrogen and oxygen atoms in total. The van der Waals surface area contributed by atoms with Gasteiger partial charge in [-0.05, 0) is 12.1 Å². The Hall–Kier alpha value is -2.44. The molecule has 2 aromatic heterocycles. The van der Waals surface area contributed by atoms with Gasteiger partial charge in [-0.3, -0.25) is 4.79 Å². The lowest BCUT2D eigenvalue weighted by molar-refractivity contribution is 0.0821. The lowest BCUT2D eigenvalue weighted by Crippen LogP contribution is -2.23. The Balaban J connectivity index is 1.99. The van der Waals surface area contributed by atoms with Gasteiger partial charge in [0.2, 0.25) is 0 Å². The van der Waals surface area contributed by atoms with Crippen LogP contribution in [-0.4, -0.2) is 44.7 Å². The van der Waals surface area contributed by atoms with Crippen molar-refractivity contribution in [2.24, 2.45) is 7.05 Å². The highest BCUT2D eigenvalue weighted by atomic mass is 16.2. The smallest absolute Gasteiger partial charge is 0.273 e. The molecule has 100 valence electrons. The fraction of sp³-hybridized carbons (Fsp3) is 0.333. The first-order valence-corrected chi connectivity index (χ1v) is 5.83. The van der Waals surface area contributed by atoms with Gasteiger partial charge >= 0.3 is 0 Å². The van der Waals surface area contributed by atoms with Gasteiger partial charge in [0.05, 0.1) is 6.54 Å². The van der Waals surface area contributed by atoms with Crippen LogP contribution in [0.2, 0.25) is 0 Å². The second-order valence-corrected chi connectivity index (χ2v) is 4.31. The predicted octanol–water partition coefficient (Wildman–Crippen LogP) is 0.524.